The fraction of sp³-hybridized carbons (Fsp3) is 0.385. The Balaban J connectivity index is 1.90. The Labute approximate surface area is 105 Å². The normalized spacial score (nSPS) is 16.1. The Morgan fingerprint density at radius 2 is 2.17 bits per heavy atom. The first-order valence-electron chi connectivity index (χ1n) is 5.86. The zero-order valence-electron chi connectivity index (χ0n) is 10.2. The standard InChI is InChI=1S/C13H16N2O3/c1-9(16)10-3-2-4-11(5-10)14-13(18)8-15-6-12(17)7-15/h2-5,12,17H,6-8H2,1H3,(H,14,18). The molecule has 0 spiro atoms. The van der Waals surface area contributed by atoms with Crippen molar-refractivity contribution in [1.82, 2.24) is 4.90 Å². The molecule has 0 aliphatic carbocycles. The first-order chi connectivity index (χ1) is 8.54. The van der Waals surface area contributed by atoms with Gasteiger partial charge in [0.25, 0.3) is 0 Å². The van der Waals surface area contributed by atoms with E-state index < -0.39 is 0 Å². The van der Waals surface area contributed by atoms with Crippen molar-refractivity contribution in [2.24, 2.45) is 0 Å². The summed E-state index contributed by atoms with van der Waals surface area (Å²) in [5.74, 6) is -0.167. The van der Waals surface area contributed by atoms with Crippen LogP contribution in [0.2, 0.25) is 0 Å². The topological polar surface area (TPSA) is 69.6 Å². The summed E-state index contributed by atoms with van der Waals surface area (Å²) in [5.41, 5.74) is 1.20. The summed E-state index contributed by atoms with van der Waals surface area (Å²) >= 11 is 0. The van der Waals surface area contributed by atoms with Gasteiger partial charge in [-0.15, -0.1) is 0 Å². The van der Waals surface area contributed by atoms with E-state index in [-0.39, 0.29) is 24.3 Å². The van der Waals surface area contributed by atoms with E-state index in [0.29, 0.717) is 24.3 Å². The van der Waals surface area contributed by atoms with Crippen LogP contribution in [0.15, 0.2) is 24.3 Å². The lowest BCUT2D eigenvalue weighted by molar-refractivity contribution is -0.119. The van der Waals surface area contributed by atoms with Crippen molar-refractivity contribution in [1.29, 1.82) is 0 Å². The number of nitrogens with one attached hydrogen (secondary N) is 1. The third-order valence-corrected chi connectivity index (χ3v) is 2.86. The van der Waals surface area contributed by atoms with Gasteiger partial charge >= 0.3 is 0 Å². The van der Waals surface area contributed by atoms with Crippen LogP contribution in [0.3, 0.4) is 0 Å². The van der Waals surface area contributed by atoms with E-state index in [1.807, 2.05) is 4.90 Å². The molecule has 0 radical (unpaired) electrons. The molecule has 18 heavy (non-hydrogen) atoms. The molecule has 1 aliphatic rings. The fourth-order valence-corrected chi connectivity index (χ4v) is 1.89. The smallest absolute Gasteiger partial charge is 0.238 e. The number of nitrogens with zero attached hydrogens (tertiary/aromatic N) is 1. The predicted octanol–water partition coefficient (Wildman–Crippen LogP) is 0.504. The minimum absolute atomic E-state index is 0.0306. The number of aliphatic hydroxyl groups is 1. The second-order valence-electron chi connectivity index (χ2n) is 4.53. The van der Waals surface area contributed by atoms with Gasteiger partial charge in [0.1, 0.15) is 0 Å². The van der Waals surface area contributed by atoms with Gasteiger partial charge in [-0.1, -0.05) is 12.1 Å². The van der Waals surface area contributed by atoms with Crippen molar-refractivity contribution >= 4 is 17.4 Å². The molecule has 1 saturated heterocycles. The first kappa shape index (κ1) is 12.7. The van der Waals surface area contributed by atoms with Gasteiger partial charge < -0.3 is 10.4 Å². The summed E-state index contributed by atoms with van der Waals surface area (Å²) in [5, 5.41) is 11.8. The predicted molar refractivity (Wildman–Crippen MR) is 67.5 cm³/mol. The molecule has 96 valence electrons. The quantitative estimate of drug-likeness (QED) is 0.761. The highest BCUT2D eigenvalue weighted by Gasteiger charge is 2.25. The van der Waals surface area contributed by atoms with Crippen LogP contribution in [0.25, 0.3) is 0 Å². The fourth-order valence-electron chi connectivity index (χ4n) is 1.89. The number of carbonyl (C=O) groups is 2. The van der Waals surface area contributed by atoms with Crippen molar-refractivity contribution in [3.63, 3.8) is 0 Å². The summed E-state index contributed by atoms with van der Waals surface area (Å²) in [6, 6.07) is 6.85. The lowest BCUT2D eigenvalue weighted by atomic mass is 10.1. The number of carbonyl (C=O) groups excluding carboxylic acids is 2. The number of hydrogen-bond acceptors (Lipinski definition) is 4. The summed E-state index contributed by atoms with van der Waals surface area (Å²) in [7, 11) is 0. The van der Waals surface area contributed by atoms with Crippen LogP contribution in [0.4, 0.5) is 5.69 Å². The van der Waals surface area contributed by atoms with Crippen LogP contribution >= 0.6 is 0 Å². The van der Waals surface area contributed by atoms with Crippen molar-refractivity contribution in [3.8, 4) is 0 Å². The van der Waals surface area contributed by atoms with E-state index in [1.165, 1.54) is 6.92 Å². The molecule has 1 fully saturated rings. The van der Waals surface area contributed by atoms with Gasteiger partial charge in [-0.3, -0.25) is 14.5 Å². The minimum atomic E-state index is -0.307. The molecule has 1 aliphatic heterocycles. The Kier molecular flexibility index (Phi) is 3.74. The van der Waals surface area contributed by atoms with Crippen molar-refractivity contribution in [2.75, 3.05) is 25.0 Å². The van der Waals surface area contributed by atoms with Crippen LogP contribution in [-0.4, -0.2) is 47.4 Å². The number of likely N-dealkylation sites (tertiary alicyclic amines) is 1. The number of benzene rings is 1. The number of Topliss-reactive ketones (excluding diaryl/α,β-unsaturated/α-hetero) is 1. The molecule has 0 saturated carbocycles. The average Bonchev–Trinajstić information content (AvgIpc) is 2.27. The molecule has 0 unspecified atom stereocenters. The zero-order valence-corrected chi connectivity index (χ0v) is 10.2. The molecule has 5 heteroatoms. The Morgan fingerprint density at radius 3 is 2.78 bits per heavy atom. The Bertz CT molecular complexity index is 467. The van der Waals surface area contributed by atoms with Crippen LogP contribution < -0.4 is 5.32 Å². The monoisotopic (exact) mass is 248 g/mol. The number of aliphatic hydroxyl groups excluding tert-OH is 1. The summed E-state index contributed by atoms with van der Waals surface area (Å²) in [6.45, 7) is 2.84. The lowest BCUT2D eigenvalue weighted by Gasteiger charge is -2.34. The molecule has 5 nitrogen and oxygen atoms in total. The second-order valence-corrected chi connectivity index (χ2v) is 4.53. The van der Waals surface area contributed by atoms with Crippen molar-refractivity contribution in [3.05, 3.63) is 29.8 Å². The number of rotatable bonds is 4. The zero-order chi connectivity index (χ0) is 13.1. The van der Waals surface area contributed by atoms with Gasteiger partial charge in [0, 0.05) is 24.3 Å². The third-order valence-electron chi connectivity index (χ3n) is 2.86. The van der Waals surface area contributed by atoms with E-state index in [4.69, 9.17) is 5.11 Å². The minimum Gasteiger partial charge on any atom is -0.390 e. The third kappa shape index (κ3) is 3.15. The highest BCUT2D eigenvalue weighted by Crippen LogP contribution is 2.12. The maximum atomic E-state index is 11.7. The van der Waals surface area contributed by atoms with Crippen molar-refractivity contribution in [2.45, 2.75) is 13.0 Å². The molecule has 0 bridgehead atoms. The number of amides is 1. The maximum Gasteiger partial charge on any atom is 0.238 e. The van der Waals surface area contributed by atoms with E-state index >= 15 is 0 Å². The molecule has 0 aromatic heterocycles. The molecular formula is C13H16N2O3. The molecule has 0 atom stereocenters. The first-order valence-corrected chi connectivity index (χ1v) is 5.86. The molecular weight excluding hydrogens is 232 g/mol. The van der Waals surface area contributed by atoms with Crippen LogP contribution in [0.1, 0.15) is 17.3 Å². The van der Waals surface area contributed by atoms with Gasteiger partial charge in [0.15, 0.2) is 5.78 Å². The van der Waals surface area contributed by atoms with Gasteiger partial charge in [-0.25, -0.2) is 0 Å². The van der Waals surface area contributed by atoms with E-state index in [2.05, 4.69) is 5.32 Å². The highest BCUT2D eigenvalue weighted by molar-refractivity contribution is 5.97. The van der Waals surface area contributed by atoms with Gasteiger partial charge in [0.2, 0.25) is 5.91 Å². The van der Waals surface area contributed by atoms with Crippen LogP contribution in [0.5, 0.6) is 0 Å². The SMILES string of the molecule is CC(=O)c1cccc(NC(=O)CN2CC(O)C2)c1. The highest BCUT2D eigenvalue weighted by atomic mass is 16.3. The maximum absolute atomic E-state index is 11.7. The molecule has 2 N–H and O–H groups in total. The summed E-state index contributed by atoms with van der Waals surface area (Å²) in [4.78, 5) is 24.7. The van der Waals surface area contributed by atoms with Gasteiger partial charge in [-0.2, -0.15) is 0 Å². The molecule has 1 aromatic rings. The number of anilines is 1. The number of β-amino-alcohol motifs (C(OH)–C–C–N with tert-alkyl or cyclic N) is 1. The van der Waals surface area contributed by atoms with Crippen LogP contribution in [-0.2, 0) is 4.79 Å². The van der Waals surface area contributed by atoms with Crippen LogP contribution in [0, 0.1) is 0 Å². The van der Waals surface area contributed by atoms with E-state index in [9.17, 15) is 9.59 Å². The van der Waals surface area contributed by atoms with E-state index in [0.717, 1.165) is 0 Å². The Morgan fingerprint density at radius 1 is 1.44 bits per heavy atom. The molecule has 1 amide bonds. The second kappa shape index (κ2) is 5.29. The summed E-state index contributed by atoms with van der Waals surface area (Å²) < 4.78 is 0. The molecule has 1 heterocycles. The van der Waals surface area contributed by atoms with Gasteiger partial charge in [0.05, 0.1) is 12.6 Å². The average molecular weight is 248 g/mol. The van der Waals surface area contributed by atoms with E-state index in [1.54, 1.807) is 24.3 Å². The summed E-state index contributed by atoms with van der Waals surface area (Å²) in [6.07, 6.45) is -0.307. The lowest BCUT2D eigenvalue weighted by Crippen LogP contribution is -2.53. The molecule has 1 aromatic carbocycles. The molecule has 2 rings (SSSR count). The number of ketones is 1. The largest absolute Gasteiger partial charge is 0.390 e. The number of hydrogen-bond donors (Lipinski definition) is 2. The van der Waals surface area contributed by atoms with Gasteiger partial charge in [-0.05, 0) is 19.1 Å². The Hall–Kier alpha value is -1.72. The van der Waals surface area contributed by atoms with Crippen molar-refractivity contribution < 1.29 is 14.7 Å².